The molecule has 0 saturated carbocycles. The van der Waals surface area contributed by atoms with Crippen LogP contribution in [0.4, 0.5) is 14.6 Å². The van der Waals surface area contributed by atoms with Gasteiger partial charge < -0.3 is 11.1 Å². The lowest BCUT2D eigenvalue weighted by atomic mass is 9.89. The SMILES string of the molecule is C[C@H]1CCc2c(sc3nc(CCN[C@@H](C)c4ccc(F)cc4F)nc(N)c23)C1. The van der Waals surface area contributed by atoms with Crippen LogP contribution in [-0.2, 0) is 19.3 Å². The molecule has 1 aliphatic rings. The van der Waals surface area contributed by atoms with Crippen LogP contribution in [0.5, 0.6) is 0 Å². The van der Waals surface area contributed by atoms with Gasteiger partial charge in [0.05, 0.1) is 5.39 Å². The lowest BCUT2D eigenvalue weighted by Gasteiger charge is -2.17. The van der Waals surface area contributed by atoms with Gasteiger partial charge in [-0.25, -0.2) is 18.7 Å². The molecule has 0 bridgehead atoms. The van der Waals surface area contributed by atoms with Gasteiger partial charge in [-0.15, -0.1) is 11.3 Å². The number of halogens is 2. The highest BCUT2D eigenvalue weighted by Gasteiger charge is 2.23. The van der Waals surface area contributed by atoms with Crippen molar-refractivity contribution in [2.24, 2.45) is 5.92 Å². The van der Waals surface area contributed by atoms with Crippen LogP contribution in [0.25, 0.3) is 10.2 Å². The van der Waals surface area contributed by atoms with E-state index in [2.05, 4.69) is 17.2 Å². The highest BCUT2D eigenvalue weighted by atomic mass is 32.1. The van der Waals surface area contributed by atoms with Crippen LogP contribution in [0.1, 0.15) is 48.1 Å². The quantitative estimate of drug-likeness (QED) is 0.656. The molecule has 0 unspecified atom stereocenters. The number of nitrogens with one attached hydrogen (secondary N) is 1. The average Bonchev–Trinajstić information content (AvgIpc) is 2.99. The molecule has 1 aromatic carbocycles. The molecule has 0 radical (unpaired) electrons. The van der Waals surface area contributed by atoms with Crippen molar-refractivity contribution < 1.29 is 8.78 Å². The number of thiophene rings is 1. The van der Waals surface area contributed by atoms with Gasteiger partial charge in [-0.05, 0) is 43.7 Å². The molecule has 2 atom stereocenters. The Bertz CT molecular complexity index is 1020. The number of aromatic nitrogens is 2. The van der Waals surface area contributed by atoms with E-state index in [0.29, 0.717) is 36.1 Å². The highest BCUT2D eigenvalue weighted by Crippen LogP contribution is 2.39. The van der Waals surface area contributed by atoms with Crippen molar-refractivity contribution in [1.29, 1.82) is 0 Å². The minimum atomic E-state index is -0.571. The molecule has 2 heterocycles. The maximum Gasteiger partial charge on any atom is 0.136 e. The summed E-state index contributed by atoms with van der Waals surface area (Å²) in [5, 5.41) is 4.28. The number of anilines is 1. The van der Waals surface area contributed by atoms with Gasteiger partial charge in [0.1, 0.15) is 28.1 Å². The minimum Gasteiger partial charge on any atom is -0.383 e. The summed E-state index contributed by atoms with van der Waals surface area (Å²) in [5.41, 5.74) is 8.04. The molecular formula is C21H24F2N4S. The van der Waals surface area contributed by atoms with Crippen molar-refractivity contribution in [2.75, 3.05) is 12.3 Å². The van der Waals surface area contributed by atoms with Gasteiger partial charge in [0, 0.05) is 35.5 Å². The Morgan fingerprint density at radius 2 is 2.14 bits per heavy atom. The molecule has 3 N–H and O–H groups in total. The first kappa shape index (κ1) is 19.2. The van der Waals surface area contributed by atoms with Gasteiger partial charge in [0.25, 0.3) is 0 Å². The largest absolute Gasteiger partial charge is 0.383 e. The van der Waals surface area contributed by atoms with E-state index in [0.717, 1.165) is 29.1 Å². The Kier molecular flexibility index (Phi) is 5.29. The van der Waals surface area contributed by atoms with Gasteiger partial charge >= 0.3 is 0 Å². The fourth-order valence-corrected chi connectivity index (χ4v) is 5.30. The molecule has 4 nitrogen and oxygen atoms in total. The Balaban J connectivity index is 1.46. The first-order valence-electron chi connectivity index (χ1n) is 9.67. The third-order valence-electron chi connectivity index (χ3n) is 5.46. The van der Waals surface area contributed by atoms with Crippen LogP contribution < -0.4 is 11.1 Å². The molecule has 0 aliphatic heterocycles. The van der Waals surface area contributed by atoms with Gasteiger partial charge in [-0.1, -0.05) is 13.0 Å². The fraction of sp³-hybridized carbons (Fsp3) is 0.429. The van der Waals surface area contributed by atoms with Crippen LogP contribution >= 0.6 is 11.3 Å². The van der Waals surface area contributed by atoms with E-state index in [1.807, 2.05) is 6.92 Å². The summed E-state index contributed by atoms with van der Waals surface area (Å²) < 4.78 is 27.0. The third-order valence-corrected chi connectivity index (χ3v) is 6.61. The van der Waals surface area contributed by atoms with Crippen LogP contribution in [0, 0.1) is 17.6 Å². The van der Waals surface area contributed by atoms with Gasteiger partial charge in [0.15, 0.2) is 0 Å². The van der Waals surface area contributed by atoms with Crippen molar-refractivity contribution >= 4 is 27.4 Å². The predicted molar refractivity (Wildman–Crippen MR) is 109 cm³/mol. The van der Waals surface area contributed by atoms with Crippen LogP contribution in [0.15, 0.2) is 18.2 Å². The lowest BCUT2D eigenvalue weighted by molar-refractivity contribution is 0.509. The molecule has 148 valence electrons. The second kappa shape index (κ2) is 7.72. The summed E-state index contributed by atoms with van der Waals surface area (Å²) in [7, 11) is 0. The number of nitrogens with two attached hydrogens (primary N) is 1. The van der Waals surface area contributed by atoms with Crippen molar-refractivity contribution in [3.05, 3.63) is 51.7 Å². The smallest absolute Gasteiger partial charge is 0.136 e. The van der Waals surface area contributed by atoms with Crippen LogP contribution in [0.3, 0.4) is 0 Å². The Hall–Kier alpha value is -2.12. The number of nitrogens with zero attached hydrogens (tertiary/aromatic N) is 2. The number of rotatable bonds is 5. The van der Waals surface area contributed by atoms with E-state index in [4.69, 9.17) is 10.7 Å². The molecule has 0 spiro atoms. The summed E-state index contributed by atoms with van der Waals surface area (Å²) >= 11 is 1.74. The van der Waals surface area contributed by atoms with Crippen molar-refractivity contribution in [3.8, 4) is 0 Å². The zero-order valence-electron chi connectivity index (χ0n) is 16.1. The van der Waals surface area contributed by atoms with E-state index in [9.17, 15) is 8.78 Å². The summed E-state index contributed by atoms with van der Waals surface area (Å²) in [6, 6.07) is 3.41. The normalized spacial score (nSPS) is 17.6. The summed E-state index contributed by atoms with van der Waals surface area (Å²) in [4.78, 5) is 11.6. The number of aryl methyl sites for hydroxylation is 1. The molecule has 3 aromatic rings. The first-order chi connectivity index (χ1) is 13.4. The van der Waals surface area contributed by atoms with Crippen LogP contribution in [0.2, 0.25) is 0 Å². The van der Waals surface area contributed by atoms with Crippen molar-refractivity contribution in [3.63, 3.8) is 0 Å². The second-order valence-electron chi connectivity index (χ2n) is 7.65. The molecular weight excluding hydrogens is 378 g/mol. The minimum absolute atomic E-state index is 0.239. The lowest BCUT2D eigenvalue weighted by Crippen LogP contribution is -2.23. The maximum atomic E-state index is 13.9. The van der Waals surface area contributed by atoms with Gasteiger partial charge in [0.2, 0.25) is 0 Å². The number of hydrogen-bond acceptors (Lipinski definition) is 5. The third kappa shape index (κ3) is 3.73. The van der Waals surface area contributed by atoms with Gasteiger partial charge in [-0.3, -0.25) is 0 Å². The van der Waals surface area contributed by atoms with Crippen molar-refractivity contribution in [1.82, 2.24) is 15.3 Å². The predicted octanol–water partition coefficient (Wildman–Crippen LogP) is 4.57. The molecule has 0 fully saturated rings. The zero-order valence-corrected chi connectivity index (χ0v) is 16.9. The second-order valence-corrected chi connectivity index (χ2v) is 8.73. The van der Waals surface area contributed by atoms with Gasteiger partial charge in [-0.2, -0.15) is 0 Å². The molecule has 2 aromatic heterocycles. The zero-order chi connectivity index (χ0) is 19.8. The standard InChI is InChI=1S/C21H24F2N4S/c1-11-3-5-15-17(9-11)28-21-19(15)20(24)26-18(27-21)7-8-25-12(2)14-6-4-13(22)10-16(14)23/h4,6,10-12,25H,3,5,7-9H2,1-2H3,(H2,24,26,27)/t11-,12-/m0/s1. The molecule has 0 saturated heterocycles. The summed E-state index contributed by atoms with van der Waals surface area (Å²) in [5.74, 6) is 0.839. The molecule has 0 amide bonds. The van der Waals surface area contributed by atoms with E-state index >= 15 is 0 Å². The number of hydrogen-bond donors (Lipinski definition) is 2. The Labute approximate surface area is 167 Å². The topological polar surface area (TPSA) is 63.8 Å². The summed E-state index contributed by atoms with van der Waals surface area (Å²) in [6.07, 6.45) is 3.91. The number of nitrogen functional groups attached to an aromatic ring is 1. The van der Waals surface area contributed by atoms with E-state index in [1.165, 1.54) is 29.0 Å². The van der Waals surface area contributed by atoms with Crippen molar-refractivity contribution in [2.45, 2.75) is 45.6 Å². The van der Waals surface area contributed by atoms with E-state index < -0.39 is 11.6 Å². The van der Waals surface area contributed by atoms with E-state index in [-0.39, 0.29) is 6.04 Å². The maximum absolute atomic E-state index is 13.9. The monoisotopic (exact) mass is 402 g/mol. The molecule has 4 rings (SSSR count). The Morgan fingerprint density at radius 1 is 1.32 bits per heavy atom. The molecule has 7 heteroatoms. The summed E-state index contributed by atoms with van der Waals surface area (Å²) in [6.45, 7) is 4.71. The average molecular weight is 403 g/mol. The highest BCUT2D eigenvalue weighted by molar-refractivity contribution is 7.19. The van der Waals surface area contributed by atoms with Crippen LogP contribution in [-0.4, -0.2) is 16.5 Å². The molecule has 1 aliphatic carbocycles. The first-order valence-corrected chi connectivity index (χ1v) is 10.5. The number of fused-ring (bicyclic) bond motifs is 3. The van der Waals surface area contributed by atoms with E-state index in [1.54, 1.807) is 11.3 Å². The Morgan fingerprint density at radius 3 is 2.93 bits per heavy atom. The fourth-order valence-electron chi connectivity index (χ4n) is 3.89. The molecule has 28 heavy (non-hydrogen) atoms. The number of benzene rings is 1.